The first-order valence-electron chi connectivity index (χ1n) is 7.81. The molecule has 0 aromatic heterocycles. The molecule has 1 aliphatic heterocycles. The highest BCUT2D eigenvalue weighted by Crippen LogP contribution is 2.28. The van der Waals surface area contributed by atoms with Crippen LogP contribution in [0.2, 0.25) is 0 Å². The van der Waals surface area contributed by atoms with Gasteiger partial charge in [-0.3, -0.25) is 9.69 Å². The van der Waals surface area contributed by atoms with Crippen molar-refractivity contribution in [1.82, 2.24) is 15.1 Å². The quantitative estimate of drug-likeness (QED) is 0.788. The number of piperidine rings is 1. The average Bonchev–Trinajstić information content (AvgIpc) is 2.34. The SMILES string of the molecule is CN(C)C(=O)CN1CCC(NCCC2CCC2)CC1. The molecule has 1 N–H and O–H groups in total. The van der Waals surface area contributed by atoms with Crippen molar-refractivity contribution in [2.24, 2.45) is 5.92 Å². The minimum absolute atomic E-state index is 0.219. The Bertz CT molecular complexity index is 281. The topological polar surface area (TPSA) is 35.6 Å². The molecule has 2 fully saturated rings. The van der Waals surface area contributed by atoms with Crippen molar-refractivity contribution in [1.29, 1.82) is 0 Å². The van der Waals surface area contributed by atoms with Gasteiger partial charge in [0.05, 0.1) is 6.54 Å². The van der Waals surface area contributed by atoms with Crippen LogP contribution in [-0.2, 0) is 4.79 Å². The second-order valence-electron chi connectivity index (χ2n) is 6.38. The maximum absolute atomic E-state index is 11.6. The predicted molar refractivity (Wildman–Crippen MR) is 78.1 cm³/mol. The predicted octanol–water partition coefficient (Wildman–Crippen LogP) is 1.32. The fourth-order valence-electron chi connectivity index (χ4n) is 2.90. The Labute approximate surface area is 117 Å². The third-order valence-corrected chi connectivity index (χ3v) is 4.66. The maximum atomic E-state index is 11.6. The van der Waals surface area contributed by atoms with E-state index in [4.69, 9.17) is 0 Å². The Balaban J connectivity index is 1.55. The minimum atomic E-state index is 0.219. The van der Waals surface area contributed by atoms with E-state index >= 15 is 0 Å². The van der Waals surface area contributed by atoms with Gasteiger partial charge in [-0.25, -0.2) is 0 Å². The average molecular weight is 267 g/mol. The molecule has 2 aliphatic rings. The molecule has 1 saturated heterocycles. The lowest BCUT2D eigenvalue weighted by atomic mass is 9.83. The lowest BCUT2D eigenvalue weighted by molar-refractivity contribution is -0.130. The van der Waals surface area contributed by atoms with Crippen LogP contribution in [-0.4, -0.2) is 62.0 Å². The number of hydrogen-bond acceptors (Lipinski definition) is 3. The van der Waals surface area contributed by atoms with Gasteiger partial charge in [0.15, 0.2) is 0 Å². The van der Waals surface area contributed by atoms with E-state index in [1.54, 1.807) is 4.90 Å². The van der Waals surface area contributed by atoms with E-state index in [0.29, 0.717) is 12.6 Å². The molecule has 1 aliphatic carbocycles. The number of likely N-dealkylation sites (N-methyl/N-ethyl adjacent to an activating group) is 1. The van der Waals surface area contributed by atoms with E-state index in [2.05, 4.69) is 10.2 Å². The number of nitrogens with zero attached hydrogens (tertiary/aromatic N) is 2. The molecule has 19 heavy (non-hydrogen) atoms. The lowest BCUT2D eigenvalue weighted by Crippen LogP contribution is -2.46. The van der Waals surface area contributed by atoms with Crippen molar-refractivity contribution < 1.29 is 4.79 Å². The maximum Gasteiger partial charge on any atom is 0.236 e. The van der Waals surface area contributed by atoms with E-state index in [-0.39, 0.29) is 5.91 Å². The first-order chi connectivity index (χ1) is 9.15. The van der Waals surface area contributed by atoms with Gasteiger partial charge in [0.2, 0.25) is 5.91 Å². The summed E-state index contributed by atoms with van der Waals surface area (Å²) in [5.74, 6) is 1.22. The molecule has 4 heteroatoms. The summed E-state index contributed by atoms with van der Waals surface area (Å²) in [4.78, 5) is 15.6. The van der Waals surface area contributed by atoms with Crippen molar-refractivity contribution in [2.75, 3.05) is 40.3 Å². The number of hydrogen-bond donors (Lipinski definition) is 1. The first kappa shape index (κ1) is 14.8. The fourth-order valence-corrected chi connectivity index (χ4v) is 2.90. The Hall–Kier alpha value is -0.610. The van der Waals surface area contributed by atoms with Crippen molar-refractivity contribution in [3.63, 3.8) is 0 Å². The molecule has 110 valence electrons. The van der Waals surface area contributed by atoms with Crippen LogP contribution in [0.1, 0.15) is 38.5 Å². The third kappa shape index (κ3) is 4.77. The van der Waals surface area contributed by atoms with Crippen molar-refractivity contribution in [3.8, 4) is 0 Å². The monoisotopic (exact) mass is 267 g/mol. The molecule has 1 saturated carbocycles. The van der Waals surface area contributed by atoms with Gasteiger partial charge >= 0.3 is 0 Å². The number of rotatable bonds is 6. The van der Waals surface area contributed by atoms with Gasteiger partial charge < -0.3 is 10.2 Å². The summed E-state index contributed by atoms with van der Waals surface area (Å²) in [6.07, 6.45) is 8.08. The number of carbonyl (C=O) groups is 1. The van der Waals surface area contributed by atoms with E-state index in [9.17, 15) is 4.79 Å². The van der Waals surface area contributed by atoms with Crippen LogP contribution in [0.15, 0.2) is 0 Å². The molecule has 0 aromatic rings. The van der Waals surface area contributed by atoms with Gasteiger partial charge in [-0.2, -0.15) is 0 Å². The third-order valence-electron chi connectivity index (χ3n) is 4.66. The Kier molecular flexibility index (Phi) is 5.64. The highest BCUT2D eigenvalue weighted by atomic mass is 16.2. The zero-order valence-electron chi connectivity index (χ0n) is 12.5. The summed E-state index contributed by atoms with van der Waals surface area (Å²) in [7, 11) is 3.66. The molecule has 0 bridgehead atoms. The summed E-state index contributed by atoms with van der Waals surface area (Å²) >= 11 is 0. The fraction of sp³-hybridized carbons (Fsp3) is 0.933. The zero-order chi connectivity index (χ0) is 13.7. The van der Waals surface area contributed by atoms with Crippen LogP contribution in [0.3, 0.4) is 0 Å². The molecule has 0 unspecified atom stereocenters. The number of carbonyl (C=O) groups excluding carboxylic acids is 1. The highest BCUT2D eigenvalue weighted by Gasteiger charge is 2.22. The van der Waals surface area contributed by atoms with Gasteiger partial charge in [-0.05, 0) is 31.7 Å². The first-order valence-corrected chi connectivity index (χ1v) is 7.81. The summed E-state index contributed by atoms with van der Waals surface area (Å²) < 4.78 is 0. The van der Waals surface area contributed by atoms with Crippen LogP contribution >= 0.6 is 0 Å². The number of likely N-dealkylation sites (tertiary alicyclic amines) is 1. The van der Waals surface area contributed by atoms with Crippen LogP contribution in [0.25, 0.3) is 0 Å². The zero-order valence-corrected chi connectivity index (χ0v) is 12.5. The van der Waals surface area contributed by atoms with E-state index in [1.807, 2.05) is 14.1 Å². The smallest absolute Gasteiger partial charge is 0.236 e. The molecule has 0 spiro atoms. The second kappa shape index (κ2) is 7.25. The van der Waals surface area contributed by atoms with E-state index < -0.39 is 0 Å². The molecule has 1 heterocycles. The van der Waals surface area contributed by atoms with Crippen LogP contribution in [0, 0.1) is 5.92 Å². The lowest BCUT2D eigenvalue weighted by Gasteiger charge is -2.33. The summed E-state index contributed by atoms with van der Waals surface area (Å²) in [6, 6.07) is 0.672. The molecule has 2 rings (SSSR count). The molecule has 4 nitrogen and oxygen atoms in total. The van der Waals surface area contributed by atoms with Gasteiger partial charge in [0, 0.05) is 33.2 Å². The van der Waals surface area contributed by atoms with E-state index in [0.717, 1.165) is 19.0 Å². The van der Waals surface area contributed by atoms with Gasteiger partial charge in [0.25, 0.3) is 0 Å². The Morgan fingerprint density at radius 2 is 1.89 bits per heavy atom. The molecule has 1 amide bonds. The standard InChI is InChI=1S/C15H29N3O/c1-17(2)15(19)12-18-10-7-14(8-11-18)16-9-6-13-4-3-5-13/h13-14,16H,3-12H2,1-2H3. The van der Waals surface area contributed by atoms with Gasteiger partial charge in [0.1, 0.15) is 0 Å². The number of nitrogens with one attached hydrogen (secondary N) is 1. The molecular formula is C15H29N3O. The molecule has 0 radical (unpaired) electrons. The van der Waals surface area contributed by atoms with E-state index in [1.165, 1.54) is 45.1 Å². The van der Waals surface area contributed by atoms with Crippen molar-refractivity contribution >= 4 is 5.91 Å². The summed E-state index contributed by atoms with van der Waals surface area (Å²) in [5, 5.41) is 3.70. The normalized spacial score (nSPS) is 22.2. The van der Waals surface area contributed by atoms with Gasteiger partial charge in [-0.15, -0.1) is 0 Å². The van der Waals surface area contributed by atoms with Crippen LogP contribution in [0.5, 0.6) is 0 Å². The van der Waals surface area contributed by atoms with Gasteiger partial charge in [-0.1, -0.05) is 19.3 Å². The molecular weight excluding hydrogens is 238 g/mol. The Morgan fingerprint density at radius 1 is 1.21 bits per heavy atom. The summed E-state index contributed by atoms with van der Waals surface area (Å²) in [6.45, 7) is 3.88. The summed E-state index contributed by atoms with van der Waals surface area (Å²) in [5.41, 5.74) is 0. The van der Waals surface area contributed by atoms with Crippen molar-refractivity contribution in [2.45, 2.75) is 44.6 Å². The van der Waals surface area contributed by atoms with Crippen LogP contribution < -0.4 is 5.32 Å². The second-order valence-corrected chi connectivity index (χ2v) is 6.38. The molecule has 0 atom stereocenters. The van der Waals surface area contributed by atoms with Crippen LogP contribution in [0.4, 0.5) is 0 Å². The van der Waals surface area contributed by atoms with Crippen molar-refractivity contribution in [3.05, 3.63) is 0 Å². The minimum Gasteiger partial charge on any atom is -0.348 e. The molecule has 0 aromatic carbocycles. The Morgan fingerprint density at radius 3 is 2.42 bits per heavy atom. The number of amides is 1. The largest absolute Gasteiger partial charge is 0.348 e. The highest BCUT2D eigenvalue weighted by molar-refractivity contribution is 5.77.